The van der Waals surface area contributed by atoms with Gasteiger partial charge in [-0.2, -0.15) is 0 Å². The van der Waals surface area contributed by atoms with E-state index in [-0.39, 0.29) is 11.8 Å². The van der Waals surface area contributed by atoms with Crippen LogP contribution in [0.5, 0.6) is 0 Å². The first kappa shape index (κ1) is 18.2. The van der Waals surface area contributed by atoms with Crippen molar-refractivity contribution in [1.82, 2.24) is 0 Å². The maximum atomic E-state index is 12.8. The van der Waals surface area contributed by atoms with Crippen LogP contribution >= 0.6 is 22.9 Å². The van der Waals surface area contributed by atoms with E-state index >= 15 is 0 Å². The molecule has 26 heavy (non-hydrogen) atoms. The van der Waals surface area contributed by atoms with Crippen molar-refractivity contribution in [3.63, 3.8) is 0 Å². The van der Waals surface area contributed by atoms with Gasteiger partial charge in [0.2, 0.25) is 0 Å². The number of anilines is 2. The van der Waals surface area contributed by atoms with Crippen LogP contribution in [0.25, 0.3) is 0 Å². The predicted molar refractivity (Wildman–Crippen MR) is 108 cm³/mol. The van der Waals surface area contributed by atoms with E-state index in [1.165, 1.54) is 16.2 Å². The van der Waals surface area contributed by atoms with Gasteiger partial charge in [0, 0.05) is 17.8 Å². The summed E-state index contributed by atoms with van der Waals surface area (Å²) in [6.07, 6.45) is 0. The van der Waals surface area contributed by atoms with Crippen LogP contribution in [0.4, 0.5) is 11.4 Å². The molecule has 0 aliphatic rings. The molecule has 0 unspecified atom stereocenters. The number of thiophene rings is 1. The van der Waals surface area contributed by atoms with Gasteiger partial charge < -0.3 is 10.2 Å². The Morgan fingerprint density at radius 3 is 2.54 bits per heavy atom. The van der Waals surface area contributed by atoms with Gasteiger partial charge in [0.1, 0.15) is 0 Å². The molecule has 0 spiro atoms. The van der Waals surface area contributed by atoms with Crippen LogP contribution in [-0.2, 0) is 0 Å². The molecule has 3 aromatic rings. The van der Waals surface area contributed by atoms with Gasteiger partial charge in [-0.25, -0.2) is 0 Å². The fourth-order valence-electron chi connectivity index (χ4n) is 2.59. The predicted octanol–water partition coefficient (Wildman–Crippen LogP) is 5.24. The molecule has 0 aliphatic heterocycles. The van der Waals surface area contributed by atoms with Crippen molar-refractivity contribution in [3.05, 3.63) is 81.0 Å². The molecule has 1 heterocycles. The van der Waals surface area contributed by atoms with Gasteiger partial charge in [-0.05, 0) is 54.3 Å². The van der Waals surface area contributed by atoms with Crippen LogP contribution in [0.15, 0.2) is 60.0 Å². The molecule has 2 aromatic carbocycles. The molecule has 0 atom stereocenters. The Morgan fingerprint density at radius 2 is 1.85 bits per heavy atom. The molecule has 0 radical (unpaired) electrons. The summed E-state index contributed by atoms with van der Waals surface area (Å²) in [6, 6.07) is 15.9. The molecule has 0 bridgehead atoms. The standard InChI is InChI=1S/C20H17ClN2O2S/c1-13-12-14(21)9-10-16(13)22-19(24)15-6-3-4-7-17(15)23(2)20(25)18-8-5-11-26-18/h3-12H,1-2H3,(H,22,24). The van der Waals surface area contributed by atoms with Crippen LogP contribution in [-0.4, -0.2) is 18.9 Å². The fourth-order valence-corrected chi connectivity index (χ4v) is 3.52. The highest BCUT2D eigenvalue weighted by Gasteiger charge is 2.20. The summed E-state index contributed by atoms with van der Waals surface area (Å²) in [5.74, 6) is -0.431. The highest BCUT2D eigenvalue weighted by atomic mass is 35.5. The van der Waals surface area contributed by atoms with E-state index in [1.807, 2.05) is 18.4 Å². The van der Waals surface area contributed by atoms with Crippen molar-refractivity contribution in [2.45, 2.75) is 6.92 Å². The Labute approximate surface area is 161 Å². The first-order valence-corrected chi connectivity index (χ1v) is 9.21. The highest BCUT2D eigenvalue weighted by Crippen LogP contribution is 2.25. The van der Waals surface area contributed by atoms with Crippen LogP contribution in [0.1, 0.15) is 25.6 Å². The Bertz CT molecular complexity index is 954. The maximum absolute atomic E-state index is 12.8. The molecule has 0 saturated heterocycles. The number of halogens is 1. The van der Waals surface area contributed by atoms with Crippen molar-refractivity contribution in [3.8, 4) is 0 Å². The molecule has 6 heteroatoms. The number of benzene rings is 2. The smallest absolute Gasteiger partial charge is 0.268 e. The van der Waals surface area contributed by atoms with Gasteiger partial charge in [-0.3, -0.25) is 9.59 Å². The molecule has 0 aliphatic carbocycles. The lowest BCUT2D eigenvalue weighted by molar-refractivity contribution is 0.0996. The number of carbonyl (C=O) groups is 2. The van der Waals surface area contributed by atoms with E-state index in [0.29, 0.717) is 26.8 Å². The lowest BCUT2D eigenvalue weighted by Crippen LogP contribution is -2.28. The molecular weight excluding hydrogens is 368 g/mol. The number of para-hydroxylation sites is 1. The zero-order valence-electron chi connectivity index (χ0n) is 14.3. The number of aryl methyl sites for hydroxylation is 1. The summed E-state index contributed by atoms with van der Waals surface area (Å²) in [5, 5.41) is 5.35. The number of hydrogen-bond acceptors (Lipinski definition) is 3. The van der Waals surface area contributed by atoms with Gasteiger partial charge in [-0.15, -0.1) is 11.3 Å². The van der Waals surface area contributed by atoms with E-state index in [9.17, 15) is 9.59 Å². The fraction of sp³-hybridized carbons (Fsp3) is 0.100. The van der Waals surface area contributed by atoms with Crippen LogP contribution in [0.2, 0.25) is 5.02 Å². The number of rotatable bonds is 4. The second kappa shape index (κ2) is 7.72. The van der Waals surface area contributed by atoms with Crippen LogP contribution < -0.4 is 10.2 Å². The summed E-state index contributed by atoms with van der Waals surface area (Å²) in [6.45, 7) is 1.87. The van der Waals surface area contributed by atoms with Gasteiger partial charge in [0.25, 0.3) is 11.8 Å². The van der Waals surface area contributed by atoms with E-state index < -0.39 is 0 Å². The first-order chi connectivity index (χ1) is 12.5. The molecular formula is C20H17ClN2O2S. The minimum Gasteiger partial charge on any atom is -0.322 e. The normalized spacial score (nSPS) is 10.4. The Kier molecular flexibility index (Phi) is 5.40. The molecule has 1 aromatic heterocycles. The molecule has 132 valence electrons. The van der Waals surface area contributed by atoms with E-state index in [1.54, 1.807) is 55.6 Å². The van der Waals surface area contributed by atoms with E-state index in [0.717, 1.165) is 5.56 Å². The Morgan fingerprint density at radius 1 is 1.08 bits per heavy atom. The third-order valence-corrected chi connectivity index (χ3v) is 5.08. The van der Waals surface area contributed by atoms with Crippen LogP contribution in [0, 0.1) is 6.92 Å². The lowest BCUT2D eigenvalue weighted by atomic mass is 10.1. The second-order valence-electron chi connectivity index (χ2n) is 5.77. The summed E-state index contributed by atoms with van der Waals surface area (Å²) < 4.78 is 0. The third-order valence-electron chi connectivity index (χ3n) is 3.98. The van der Waals surface area contributed by atoms with Gasteiger partial charge in [0.15, 0.2) is 0 Å². The zero-order chi connectivity index (χ0) is 18.7. The molecule has 1 N–H and O–H groups in total. The minimum absolute atomic E-state index is 0.150. The zero-order valence-corrected chi connectivity index (χ0v) is 15.9. The van der Waals surface area contributed by atoms with Crippen molar-refractivity contribution < 1.29 is 9.59 Å². The van der Waals surface area contributed by atoms with Gasteiger partial charge >= 0.3 is 0 Å². The number of amides is 2. The summed E-state index contributed by atoms with van der Waals surface area (Å²) >= 11 is 7.34. The number of nitrogens with one attached hydrogen (secondary N) is 1. The van der Waals surface area contributed by atoms with Crippen molar-refractivity contribution in [2.24, 2.45) is 0 Å². The number of carbonyl (C=O) groups excluding carboxylic acids is 2. The quantitative estimate of drug-likeness (QED) is 0.668. The van der Waals surface area contributed by atoms with Crippen LogP contribution in [0.3, 0.4) is 0 Å². The summed E-state index contributed by atoms with van der Waals surface area (Å²) in [5.41, 5.74) is 2.53. The van der Waals surface area contributed by atoms with Crippen molar-refractivity contribution in [2.75, 3.05) is 17.3 Å². The summed E-state index contributed by atoms with van der Waals surface area (Å²) in [7, 11) is 1.67. The molecule has 3 rings (SSSR count). The Hall–Kier alpha value is -2.63. The average Bonchev–Trinajstić information content (AvgIpc) is 3.17. The second-order valence-corrected chi connectivity index (χ2v) is 7.16. The Balaban J connectivity index is 1.89. The number of nitrogens with zero attached hydrogens (tertiary/aromatic N) is 1. The third kappa shape index (κ3) is 3.79. The maximum Gasteiger partial charge on any atom is 0.268 e. The molecule has 0 fully saturated rings. The lowest BCUT2D eigenvalue weighted by Gasteiger charge is -2.20. The van der Waals surface area contributed by atoms with Crippen molar-refractivity contribution in [1.29, 1.82) is 0 Å². The van der Waals surface area contributed by atoms with Gasteiger partial charge in [0.05, 0.1) is 16.1 Å². The largest absolute Gasteiger partial charge is 0.322 e. The molecule has 0 saturated carbocycles. The molecule has 4 nitrogen and oxygen atoms in total. The van der Waals surface area contributed by atoms with Gasteiger partial charge in [-0.1, -0.05) is 29.8 Å². The first-order valence-electron chi connectivity index (χ1n) is 7.95. The highest BCUT2D eigenvalue weighted by molar-refractivity contribution is 7.12. The summed E-state index contributed by atoms with van der Waals surface area (Å²) in [4.78, 5) is 27.5. The minimum atomic E-state index is -0.281. The van der Waals surface area contributed by atoms with Crippen molar-refractivity contribution >= 4 is 46.1 Å². The van der Waals surface area contributed by atoms with E-state index in [4.69, 9.17) is 11.6 Å². The molecule has 2 amide bonds. The number of hydrogen-bond donors (Lipinski definition) is 1. The van der Waals surface area contributed by atoms with E-state index in [2.05, 4.69) is 5.32 Å². The SMILES string of the molecule is Cc1cc(Cl)ccc1NC(=O)c1ccccc1N(C)C(=O)c1cccs1. The topological polar surface area (TPSA) is 49.4 Å². The average molecular weight is 385 g/mol. The monoisotopic (exact) mass is 384 g/mol.